The van der Waals surface area contributed by atoms with Crippen LogP contribution in [0, 0.1) is 5.92 Å². The first-order valence-corrected chi connectivity index (χ1v) is 9.16. The molecule has 0 radical (unpaired) electrons. The second-order valence-electron chi connectivity index (χ2n) is 6.76. The summed E-state index contributed by atoms with van der Waals surface area (Å²) in [6, 6.07) is 7.87. The molecule has 1 aliphatic rings. The zero-order valence-electron chi connectivity index (χ0n) is 14.4. The Morgan fingerprint density at radius 2 is 2.04 bits per heavy atom. The number of nitrogens with one attached hydrogen (secondary N) is 2. The first-order valence-electron chi connectivity index (χ1n) is 9.16. The van der Waals surface area contributed by atoms with E-state index >= 15 is 0 Å². The van der Waals surface area contributed by atoms with Crippen LogP contribution in [-0.4, -0.2) is 23.5 Å². The van der Waals surface area contributed by atoms with Gasteiger partial charge in [0.1, 0.15) is 0 Å². The minimum Gasteiger partial charge on any atom is -0.325 e. The van der Waals surface area contributed by atoms with Crippen molar-refractivity contribution in [1.29, 1.82) is 0 Å². The highest BCUT2D eigenvalue weighted by atomic mass is 16.2. The lowest BCUT2D eigenvalue weighted by molar-refractivity contribution is -0.119. The molecule has 0 unspecified atom stereocenters. The Hall–Kier alpha value is -1.94. The minimum absolute atomic E-state index is 0.0848. The first-order chi connectivity index (χ1) is 11.8. The molecule has 2 aromatic rings. The van der Waals surface area contributed by atoms with Crippen LogP contribution in [-0.2, 0) is 4.79 Å². The normalized spacial score (nSPS) is 16.9. The summed E-state index contributed by atoms with van der Waals surface area (Å²) >= 11 is 0. The number of carbonyl (C=O) groups is 1. The van der Waals surface area contributed by atoms with E-state index in [4.69, 9.17) is 0 Å². The van der Waals surface area contributed by atoms with Crippen molar-refractivity contribution >= 4 is 22.4 Å². The fourth-order valence-electron chi connectivity index (χ4n) is 3.62. The molecule has 4 nitrogen and oxygen atoms in total. The van der Waals surface area contributed by atoms with E-state index in [0.717, 1.165) is 42.3 Å². The zero-order valence-corrected chi connectivity index (χ0v) is 14.4. The van der Waals surface area contributed by atoms with Crippen LogP contribution in [0.2, 0.25) is 0 Å². The van der Waals surface area contributed by atoms with Crippen LogP contribution in [0.25, 0.3) is 10.8 Å². The quantitative estimate of drug-likeness (QED) is 0.840. The number of pyridine rings is 1. The predicted molar refractivity (Wildman–Crippen MR) is 99.0 cm³/mol. The van der Waals surface area contributed by atoms with Gasteiger partial charge in [-0.2, -0.15) is 0 Å². The lowest BCUT2D eigenvalue weighted by atomic mass is 9.83. The van der Waals surface area contributed by atoms with Gasteiger partial charge in [-0.15, -0.1) is 0 Å². The smallest absolute Gasteiger partial charge is 0.241 e. The first kappa shape index (κ1) is 16.9. The highest BCUT2D eigenvalue weighted by molar-refractivity contribution is 5.97. The van der Waals surface area contributed by atoms with E-state index in [2.05, 4.69) is 22.5 Å². The van der Waals surface area contributed by atoms with Gasteiger partial charge in [0, 0.05) is 23.5 Å². The average molecular weight is 325 g/mol. The van der Waals surface area contributed by atoms with E-state index in [1.807, 2.05) is 30.5 Å². The van der Waals surface area contributed by atoms with Crippen LogP contribution in [0.4, 0.5) is 5.69 Å². The highest BCUT2D eigenvalue weighted by Gasteiger charge is 2.28. The van der Waals surface area contributed by atoms with Crippen LogP contribution < -0.4 is 10.6 Å². The molecule has 1 fully saturated rings. The molecular formula is C20H27N3O. The van der Waals surface area contributed by atoms with Gasteiger partial charge in [-0.25, -0.2) is 0 Å². The molecule has 128 valence electrons. The molecular weight excluding hydrogens is 298 g/mol. The molecule has 1 aromatic heterocycles. The van der Waals surface area contributed by atoms with Crippen LogP contribution in [0.5, 0.6) is 0 Å². The van der Waals surface area contributed by atoms with Crippen LogP contribution in [0.1, 0.15) is 45.4 Å². The number of rotatable bonds is 6. The van der Waals surface area contributed by atoms with E-state index in [1.165, 1.54) is 19.3 Å². The molecule has 0 aliphatic heterocycles. The van der Waals surface area contributed by atoms with Gasteiger partial charge in [-0.05, 0) is 55.3 Å². The zero-order chi connectivity index (χ0) is 16.8. The number of hydrogen-bond donors (Lipinski definition) is 2. The van der Waals surface area contributed by atoms with Crippen molar-refractivity contribution in [1.82, 2.24) is 10.3 Å². The lowest BCUT2D eigenvalue weighted by Gasteiger charge is -2.30. The van der Waals surface area contributed by atoms with Crippen molar-refractivity contribution in [3.05, 3.63) is 36.7 Å². The molecule has 1 atom stereocenters. The molecule has 1 saturated carbocycles. The number of hydrogen-bond acceptors (Lipinski definition) is 3. The molecule has 0 saturated heterocycles. The molecule has 4 heteroatoms. The molecule has 2 N–H and O–H groups in total. The Bertz CT molecular complexity index is 679. The summed E-state index contributed by atoms with van der Waals surface area (Å²) in [5, 5.41) is 8.78. The molecule has 24 heavy (non-hydrogen) atoms. The van der Waals surface area contributed by atoms with Crippen LogP contribution in [0.15, 0.2) is 36.7 Å². The maximum atomic E-state index is 12.9. The average Bonchev–Trinajstić information content (AvgIpc) is 2.63. The van der Waals surface area contributed by atoms with Crippen LogP contribution >= 0.6 is 0 Å². The monoisotopic (exact) mass is 325 g/mol. The Kier molecular flexibility index (Phi) is 5.81. The Balaban J connectivity index is 1.72. The van der Waals surface area contributed by atoms with Crippen molar-refractivity contribution < 1.29 is 4.79 Å². The Morgan fingerprint density at radius 3 is 2.83 bits per heavy atom. The summed E-state index contributed by atoms with van der Waals surface area (Å²) in [5.41, 5.74) is 0.859. The summed E-state index contributed by atoms with van der Waals surface area (Å²) in [6.45, 7) is 3.03. The van der Waals surface area contributed by atoms with Crippen LogP contribution in [0.3, 0.4) is 0 Å². The molecule has 1 amide bonds. The van der Waals surface area contributed by atoms with Gasteiger partial charge in [-0.1, -0.05) is 32.3 Å². The maximum Gasteiger partial charge on any atom is 0.241 e. The van der Waals surface area contributed by atoms with Gasteiger partial charge in [0.2, 0.25) is 5.91 Å². The predicted octanol–water partition coefficient (Wildman–Crippen LogP) is 4.12. The largest absolute Gasteiger partial charge is 0.325 e. The van der Waals surface area contributed by atoms with Gasteiger partial charge >= 0.3 is 0 Å². The SMILES string of the molecule is CCCN[C@H](C(=O)Nc1ccc2cnccc2c1)C1CCCCC1. The Morgan fingerprint density at radius 1 is 1.21 bits per heavy atom. The number of carbonyl (C=O) groups excluding carboxylic acids is 1. The summed E-state index contributed by atoms with van der Waals surface area (Å²) < 4.78 is 0. The molecule has 1 aliphatic carbocycles. The van der Waals surface area contributed by atoms with E-state index in [-0.39, 0.29) is 11.9 Å². The topological polar surface area (TPSA) is 54.0 Å². The van der Waals surface area contributed by atoms with Crippen molar-refractivity contribution in [3.8, 4) is 0 Å². The maximum absolute atomic E-state index is 12.9. The van der Waals surface area contributed by atoms with Crippen molar-refractivity contribution in [2.45, 2.75) is 51.5 Å². The minimum atomic E-state index is -0.0848. The number of anilines is 1. The summed E-state index contributed by atoms with van der Waals surface area (Å²) in [7, 11) is 0. The standard InChI is InChI=1S/C20H27N3O/c1-2-11-22-19(15-6-4-3-5-7-15)20(24)23-18-9-8-17-14-21-12-10-16(17)13-18/h8-10,12-15,19,22H,2-7,11H2,1H3,(H,23,24)/t19-/m0/s1. The van der Waals surface area contributed by atoms with Gasteiger partial charge in [0.05, 0.1) is 6.04 Å². The van der Waals surface area contributed by atoms with Gasteiger partial charge < -0.3 is 10.6 Å². The summed E-state index contributed by atoms with van der Waals surface area (Å²) in [5.74, 6) is 0.554. The molecule has 1 heterocycles. The van der Waals surface area contributed by atoms with Crippen molar-refractivity contribution in [2.75, 3.05) is 11.9 Å². The number of fused-ring (bicyclic) bond motifs is 1. The third-order valence-electron chi connectivity index (χ3n) is 4.93. The van der Waals surface area contributed by atoms with E-state index in [9.17, 15) is 4.79 Å². The summed E-state index contributed by atoms with van der Waals surface area (Å²) in [4.78, 5) is 17.0. The lowest BCUT2D eigenvalue weighted by Crippen LogP contribution is -2.46. The van der Waals surface area contributed by atoms with Crippen molar-refractivity contribution in [3.63, 3.8) is 0 Å². The third kappa shape index (κ3) is 4.12. The fraction of sp³-hybridized carbons (Fsp3) is 0.500. The molecule has 0 bridgehead atoms. The van der Waals surface area contributed by atoms with E-state index < -0.39 is 0 Å². The third-order valence-corrected chi connectivity index (χ3v) is 4.93. The highest BCUT2D eigenvalue weighted by Crippen LogP contribution is 2.27. The van der Waals surface area contributed by atoms with Gasteiger partial charge in [-0.3, -0.25) is 9.78 Å². The molecule has 1 aromatic carbocycles. The van der Waals surface area contributed by atoms with Gasteiger partial charge in [0.15, 0.2) is 0 Å². The molecule has 3 rings (SSSR count). The fourth-order valence-corrected chi connectivity index (χ4v) is 3.62. The number of nitrogens with zero attached hydrogens (tertiary/aromatic N) is 1. The Labute approximate surface area is 144 Å². The van der Waals surface area contributed by atoms with Gasteiger partial charge in [0.25, 0.3) is 0 Å². The van der Waals surface area contributed by atoms with E-state index in [0.29, 0.717) is 5.92 Å². The second kappa shape index (κ2) is 8.25. The van der Waals surface area contributed by atoms with Crippen molar-refractivity contribution in [2.24, 2.45) is 5.92 Å². The second-order valence-corrected chi connectivity index (χ2v) is 6.76. The number of amides is 1. The summed E-state index contributed by atoms with van der Waals surface area (Å²) in [6.07, 6.45) is 10.7. The number of aromatic nitrogens is 1. The number of benzene rings is 1. The van der Waals surface area contributed by atoms with E-state index in [1.54, 1.807) is 6.20 Å². The molecule has 0 spiro atoms.